The first-order chi connectivity index (χ1) is 14.5. The van der Waals surface area contributed by atoms with Crippen LogP contribution in [0.2, 0.25) is 0 Å². The van der Waals surface area contributed by atoms with Crippen LogP contribution in [0.15, 0.2) is 71.8 Å². The second-order valence-electron chi connectivity index (χ2n) is 7.49. The van der Waals surface area contributed by atoms with E-state index >= 15 is 0 Å². The molecule has 30 heavy (non-hydrogen) atoms. The van der Waals surface area contributed by atoms with E-state index in [0.29, 0.717) is 17.7 Å². The minimum atomic E-state index is -0.780. The van der Waals surface area contributed by atoms with Crippen LogP contribution < -0.4 is 10.3 Å². The van der Waals surface area contributed by atoms with Gasteiger partial charge in [0.25, 0.3) is 5.56 Å². The maximum absolute atomic E-state index is 12.0. The van der Waals surface area contributed by atoms with Crippen molar-refractivity contribution in [2.45, 2.75) is 25.7 Å². The number of nitrogens with one attached hydrogen (secondary N) is 1. The maximum Gasteiger partial charge on any atom is 0.321 e. The van der Waals surface area contributed by atoms with Crippen molar-refractivity contribution in [3.8, 4) is 17.8 Å². The third-order valence-electron chi connectivity index (χ3n) is 5.12. The normalized spacial score (nSPS) is 12.8. The van der Waals surface area contributed by atoms with E-state index in [2.05, 4.69) is 21.0 Å². The van der Waals surface area contributed by atoms with Gasteiger partial charge in [0.15, 0.2) is 0 Å². The fraction of sp³-hybridized carbons (Fsp3) is 0.167. The highest BCUT2D eigenvalue weighted by molar-refractivity contribution is 5.80. The number of nitrogens with zero attached hydrogens (tertiary/aromatic N) is 3. The van der Waals surface area contributed by atoms with Crippen LogP contribution in [0.3, 0.4) is 0 Å². The van der Waals surface area contributed by atoms with Gasteiger partial charge in [-0.3, -0.25) is 4.79 Å². The molecule has 2 heterocycles. The van der Waals surface area contributed by atoms with E-state index in [1.807, 2.05) is 55.5 Å². The Hall–Kier alpha value is -3.98. The topological polar surface area (TPSA) is 91.7 Å². The lowest BCUT2D eigenvalue weighted by Gasteiger charge is -2.23. The Morgan fingerprint density at radius 1 is 1.10 bits per heavy atom. The number of pyridine rings is 1. The first-order valence-electron chi connectivity index (χ1n) is 9.56. The zero-order valence-corrected chi connectivity index (χ0v) is 16.7. The summed E-state index contributed by atoms with van der Waals surface area (Å²) < 4.78 is 5.71. The maximum atomic E-state index is 12.0. The molecule has 1 N–H and O–H groups in total. The summed E-state index contributed by atoms with van der Waals surface area (Å²) in [6, 6.07) is 19.6. The lowest BCUT2D eigenvalue weighted by molar-refractivity contribution is 0.440. The molecule has 0 aliphatic carbocycles. The second kappa shape index (κ2) is 7.80. The molecule has 4 rings (SSSR count). The van der Waals surface area contributed by atoms with Gasteiger partial charge in [-0.05, 0) is 67.1 Å². The van der Waals surface area contributed by atoms with E-state index in [1.54, 1.807) is 25.4 Å². The Kier molecular flexibility index (Phi) is 5.03. The minimum absolute atomic E-state index is 0.119. The number of rotatable bonds is 5. The number of aromatic amines is 1. The van der Waals surface area contributed by atoms with Crippen molar-refractivity contribution in [3.05, 3.63) is 94.0 Å². The number of aromatic nitrogens is 3. The molecule has 0 bridgehead atoms. The second-order valence-corrected chi connectivity index (χ2v) is 7.49. The Morgan fingerprint density at radius 3 is 2.67 bits per heavy atom. The molecule has 0 radical (unpaired) electrons. The third-order valence-corrected chi connectivity index (χ3v) is 5.12. The Bertz CT molecular complexity index is 1310. The molecule has 148 valence electrons. The van der Waals surface area contributed by atoms with Crippen molar-refractivity contribution in [3.63, 3.8) is 0 Å². The molecule has 1 unspecified atom stereocenters. The fourth-order valence-corrected chi connectivity index (χ4v) is 3.43. The molecule has 0 aliphatic rings. The third kappa shape index (κ3) is 3.91. The Labute approximate surface area is 173 Å². The SMILES string of the molecule is Cc1cc2ccc(C(C)(C#N)Cc3cccc(Oc4ncccn4)c3)cc2[nH]c1=O. The van der Waals surface area contributed by atoms with Crippen LogP contribution in [0, 0.1) is 18.3 Å². The van der Waals surface area contributed by atoms with Gasteiger partial charge in [0.2, 0.25) is 0 Å². The van der Waals surface area contributed by atoms with Crippen LogP contribution in [0.5, 0.6) is 11.8 Å². The van der Waals surface area contributed by atoms with Crippen LogP contribution in [0.4, 0.5) is 0 Å². The lowest BCUT2D eigenvalue weighted by Crippen LogP contribution is -2.23. The van der Waals surface area contributed by atoms with Crippen molar-refractivity contribution in [2.24, 2.45) is 0 Å². The molecule has 0 saturated heterocycles. The van der Waals surface area contributed by atoms with Crippen molar-refractivity contribution in [1.29, 1.82) is 5.26 Å². The van der Waals surface area contributed by atoms with E-state index in [9.17, 15) is 10.1 Å². The summed E-state index contributed by atoms with van der Waals surface area (Å²) in [5.74, 6) is 0.609. The molecule has 6 nitrogen and oxygen atoms in total. The predicted molar refractivity (Wildman–Crippen MR) is 115 cm³/mol. The lowest BCUT2D eigenvalue weighted by atomic mass is 9.78. The minimum Gasteiger partial charge on any atom is -0.424 e. The molecule has 0 fully saturated rings. The van der Waals surface area contributed by atoms with Gasteiger partial charge in [0.05, 0.1) is 11.5 Å². The van der Waals surface area contributed by atoms with Gasteiger partial charge in [0.1, 0.15) is 5.75 Å². The van der Waals surface area contributed by atoms with E-state index in [1.165, 1.54) is 0 Å². The Morgan fingerprint density at radius 2 is 1.90 bits per heavy atom. The van der Waals surface area contributed by atoms with Gasteiger partial charge in [-0.15, -0.1) is 0 Å². The van der Waals surface area contributed by atoms with Gasteiger partial charge >= 0.3 is 6.01 Å². The summed E-state index contributed by atoms with van der Waals surface area (Å²) in [5, 5.41) is 10.9. The zero-order chi connectivity index (χ0) is 21.1. The summed E-state index contributed by atoms with van der Waals surface area (Å²) >= 11 is 0. The number of aryl methyl sites for hydroxylation is 1. The highest BCUT2D eigenvalue weighted by Gasteiger charge is 2.27. The Balaban J connectivity index is 1.64. The van der Waals surface area contributed by atoms with Crippen LogP contribution in [0.1, 0.15) is 23.6 Å². The first kappa shape index (κ1) is 19.3. The predicted octanol–water partition coefficient (Wildman–Crippen LogP) is 4.44. The van der Waals surface area contributed by atoms with Crippen molar-refractivity contribution in [2.75, 3.05) is 0 Å². The van der Waals surface area contributed by atoms with Crippen LogP contribution >= 0.6 is 0 Å². The summed E-state index contributed by atoms with van der Waals surface area (Å²) in [5.41, 5.74) is 2.28. The zero-order valence-electron chi connectivity index (χ0n) is 16.7. The average Bonchev–Trinajstić information content (AvgIpc) is 2.75. The molecule has 0 saturated carbocycles. The molecule has 0 aliphatic heterocycles. The molecule has 1 atom stereocenters. The van der Waals surface area contributed by atoms with Gasteiger partial charge in [-0.2, -0.15) is 5.26 Å². The van der Waals surface area contributed by atoms with Crippen LogP contribution in [-0.4, -0.2) is 15.0 Å². The smallest absolute Gasteiger partial charge is 0.321 e. The van der Waals surface area contributed by atoms with Crippen molar-refractivity contribution >= 4 is 10.9 Å². The molecule has 0 spiro atoms. The average molecular weight is 396 g/mol. The van der Waals surface area contributed by atoms with E-state index in [4.69, 9.17) is 4.74 Å². The number of nitriles is 1. The number of hydrogen-bond acceptors (Lipinski definition) is 5. The summed E-state index contributed by atoms with van der Waals surface area (Å²) in [4.78, 5) is 23.0. The van der Waals surface area contributed by atoms with Gasteiger partial charge in [-0.1, -0.05) is 24.3 Å². The molecule has 2 aromatic carbocycles. The van der Waals surface area contributed by atoms with Gasteiger partial charge in [-0.25, -0.2) is 9.97 Å². The molecule has 2 aromatic heterocycles. The first-order valence-corrected chi connectivity index (χ1v) is 9.56. The summed E-state index contributed by atoms with van der Waals surface area (Å²) in [6.07, 6.45) is 3.72. The quantitative estimate of drug-likeness (QED) is 0.538. The largest absolute Gasteiger partial charge is 0.424 e. The monoisotopic (exact) mass is 396 g/mol. The van der Waals surface area contributed by atoms with E-state index in [0.717, 1.165) is 22.0 Å². The van der Waals surface area contributed by atoms with Gasteiger partial charge in [0, 0.05) is 23.5 Å². The molecule has 4 aromatic rings. The number of hydrogen-bond donors (Lipinski definition) is 1. The summed E-state index contributed by atoms with van der Waals surface area (Å²) in [6.45, 7) is 3.68. The number of ether oxygens (including phenoxy) is 1. The van der Waals surface area contributed by atoms with E-state index in [-0.39, 0.29) is 11.6 Å². The molecule has 6 heteroatoms. The highest BCUT2D eigenvalue weighted by Crippen LogP contribution is 2.31. The number of fused-ring (bicyclic) bond motifs is 1. The van der Waals surface area contributed by atoms with Crippen molar-refractivity contribution < 1.29 is 4.74 Å². The van der Waals surface area contributed by atoms with E-state index < -0.39 is 5.41 Å². The molecular weight excluding hydrogens is 376 g/mol. The van der Waals surface area contributed by atoms with Crippen LogP contribution in [-0.2, 0) is 11.8 Å². The number of H-pyrrole nitrogens is 1. The highest BCUT2D eigenvalue weighted by atomic mass is 16.5. The van der Waals surface area contributed by atoms with Gasteiger partial charge < -0.3 is 9.72 Å². The fourth-order valence-electron chi connectivity index (χ4n) is 3.43. The number of benzene rings is 2. The molecular formula is C24H20N4O2. The standard InChI is InChI=1S/C24H20N4O2/c1-16-11-18-7-8-19(13-21(18)28-22(16)29)24(2,15-25)14-17-5-3-6-20(12-17)30-23-26-9-4-10-27-23/h3-13H,14H2,1-2H3,(H,28,29). The summed E-state index contributed by atoms with van der Waals surface area (Å²) in [7, 11) is 0. The molecule has 0 amide bonds. The van der Waals surface area contributed by atoms with Crippen LogP contribution in [0.25, 0.3) is 10.9 Å². The van der Waals surface area contributed by atoms with Crippen molar-refractivity contribution in [1.82, 2.24) is 15.0 Å².